The Labute approximate surface area is 129 Å². The SMILES string of the molecule is Cc1cc(S(=O)(=O)N(CCO)Cc2ccccc2)c(C)s1. The number of benzene rings is 1. The molecule has 0 aliphatic carbocycles. The molecular formula is C15H19NO3S2. The Balaban J connectivity index is 2.35. The van der Waals surface area contributed by atoms with Crippen molar-refractivity contribution in [2.75, 3.05) is 13.2 Å². The molecule has 0 unspecified atom stereocenters. The van der Waals surface area contributed by atoms with Gasteiger partial charge in [-0.25, -0.2) is 8.42 Å². The summed E-state index contributed by atoms with van der Waals surface area (Å²) in [5, 5.41) is 9.20. The minimum atomic E-state index is -3.59. The third kappa shape index (κ3) is 3.71. The fourth-order valence-corrected chi connectivity index (χ4v) is 5.13. The van der Waals surface area contributed by atoms with Crippen molar-refractivity contribution in [3.63, 3.8) is 0 Å². The molecule has 4 nitrogen and oxygen atoms in total. The van der Waals surface area contributed by atoms with Crippen LogP contribution in [0.4, 0.5) is 0 Å². The first-order chi connectivity index (χ1) is 9.95. The number of aliphatic hydroxyl groups is 1. The van der Waals surface area contributed by atoms with Crippen molar-refractivity contribution in [1.82, 2.24) is 4.31 Å². The summed E-state index contributed by atoms with van der Waals surface area (Å²) in [6.07, 6.45) is 0. The van der Waals surface area contributed by atoms with Gasteiger partial charge in [0.2, 0.25) is 10.0 Å². The van der Waals surface area contributed by atoms with E-state index in [2.05, 4.69) is 0 Å². The van der Waals surface area contributed by atoms with Gasteiger partial charge in [0.1, 0.15) is 0 Å². The van der Waals surface area contributed by atoms with Gasteiger partial charge in [-0.05, 0) is 25.5 Å². The monoisotopic (exact) mass is 325 g/mol. The molecule has 0 aliphatic rings. The molecule has 21 heavy (non-hydrogen) atoms. The summed E-state index contributed by atoms with van der Waals surface area (Å²) >= 11 is 1.47. The minimum Gasteiger partial charge on any atom is -0.395 e. The molecule has 0 saturated carbocycles. The number of hydrogen-bond acceptors (Lipinski definition) is 4. The lowest BCUT2D eigenvalue weighted by molar-refractivity contribution is 0.251. The largest absolute Gasteiger partial charge is 0.395 e. The Morgan fingerprint density at radius 2 is 1.86 bits per heavy atom. The number of thiophene rings is 1. The van der Waals surface area contributed by atoms with E-state index >= 15 is 0 Å². The van der Waals surface area contributed by atoms with Gasteiger partial charge in [-0.3, -0.25) is 0 Å². The van der Waals surface area contributed by atoms with E-state index in [1.165, 1.54) is 15.6 Å². The van der Waals surface area contributed by atoms with Gasteiger partial charge in [-0.15, -0.1) is 11.3 Å². The van der Waals surface area contributed by atoms with E-state index in [1.807, 2.05) is 44.2 Å². The van der Waals surface area contributed by atoms with E-state index in [0.29, 0.717) is 4.90 Å². The molecular weight excluding hydrogens is 306 g/mol. The maximum Gasteiger partial charge on any atom is 0.244 e. The third-order valence-electron chi connectivity index (χ3n) is 3.16. The van der Waals surface area contributed by atoms with Crippen molar-refractivity contribution >= 4 is 21.4 Å². The van der Waals surface area contributed by atoms with E-state index in [1.54, 1.807) is 6.07 Å². The molecule has 0 saturated heterocycles. The topological polar surface area (TPSA) is 57.6 Å². The molecule has 114 valence electrons. The van der Waals surface area contributed by atoms with E-state index in [0.717, 1.165) is 15.3 Å². The fraction of sp³-hybridized carbons (Fsp3) is 0.333. The average Bonchev–Trinajstić information content (AvgIpc) is 2.79. The molecule has 1 N–H and O–H groups in total. The molecule has 0 radical (unpaired) electrons. The zero-order chi connectivity index (χ0) is 15.5. The van der Waals surface area contributed by atoms with Crippen LogP contribution in [0.1, 0.15) is 15.3 Å². The van der Waals surface area contributed by atoms with Gasteiger partial charge in [0.05, 0.1) is 11.5 Å². The van der Waals surface area contributed by atoms with Crippen LogP contribution in [0, 0.1) is 13.8 Å². The van der Waals surface area contributed by atoms with Crippen molar-refractivity contribution in [1.29, 1.82) is 0 Å². The fourth-order valence-electron chi connectivity index (χ4n) is 2.19. The predicted octanol–water partition coefficient (Wildman–Crippen LogP) is 2.55. The first-order valence-electron chi connectivity index (χ1n) is 6.67. The molecule has 0 spiro atoms. The highest BCUT2D eigenvalue weighted by molar-refractivity contribution is 7.89. The zero-order valence-electron chi connectivity index (χ0n) is 12.1. The summed E-state index contributed by atoms with van der Waals surface area (Å²) in [6, 6.07) is 11.1. The maximum absolute atomic E-state index is 12.8. The highest BCUT2D eigenvalue weighted by Gasteiger charge is 2.27. The summed E-state index contributed by atoms with van der Waals surface area (Å²) in [4.78, 5) is 2.09. The van der Waals surface area contributed by atoms with E-state index < -0.39 is 10.0 Å². The second-order valence-corrected chi connectivity index (χ2v) is 8.19. The molecule has 0 amide bonds. The average molecular weight is 325 g/mol. The van der Waals surface area contributed by atoms with Gasteiger partial charge in [-0.1, -0.05) is 30.3 Å². The first kappa shape index (κ1) is 16.2. The first-order valence-corrected chi connectivity index (χ1v) is 8.93. The molecule has 0 bridgehead atoms. The van der Waals surface area contributed by atoms with Crippen LogP contribution < -0.4 is 0 Å². The van der Waals surface area contributed by atoms with Crippen LogP contribution in [0.25, 0.3) is 0 Å². The molecule has 1 heterocycles. The summed E-state index contributed by atoms with van der Waals surface area (Å²) in [5.41, 5.74) is 0.902. The van der Waals surface area contributed by atoms with Gasteiger partial charge in [0.15, 0.2) is 0 Å². The van der Waals surface area contributed by atoms with Crippen LogP contribution in [-0.4, -0.2) is 31.0 Å². The highest BCUT2D eigenvalue weighted by Crippen LogP contribution is 2.28. The van der Waals surface area contributed by atoms with Gasteiger partial charge in [0.25, 0.3) is 0 Å². The molecule has 0 aliphatic heterocycles. The Bertz CT molecular complexity index is 693. The predicted molar refractivity (Wildman–Crippen MR) is 84.9 cm³/mol. The van der Waals surface area contributed by atoms with Gasteiger partial charge in [0, 0.05) is 22.8 Å². The summed E-state index contributed by atoms with van der Waals surface area (Å²) < 4.78 is 26.9. The Morgan fingerprint density at radius 3 is 2.38 bits per heavy atom. The van der Waals surface area contributed by atoms with E-state index in [-0.39, 0.29) is 19.7 Å². The van der Waals surface area contributed by atoms with Crippen molar-refractivity contribution < 1.29 is 13.5 Å². The lowest BCUT2D eigenvalue weighted by atomic mass is 10.2. The quantitative estimate of drug-likeness (QED) is 0.888. The maximum atomic E-state index is 12.8. The summed E-state index contributed by atoms with van der Waals surface area (Å²) in [6.45, 7) is 3.85. The lowest BCUT2D eigenvalue weighted by Crippen LogP contribution is -2.33. The van der Waals surface area contributed by atoms with Crippen LogP contribution in [0.2, 0.25) is 0 Å². The number of nitrogens with zero attached hydrogens (tertiary/aromatic N) is 1. The van der Waals surface area contributed by atoms with Crippen LogP contribution in [0.15, 0.2) is 41.3 Å². The molecule has 6 heteroatoms. The van der Waals surface area contributed by atoms with Crippen LogP contribution in [0.5, 0.6) is 0 Å². The van der Waals surface area contributed by atoms with E-state index in [9.17, 15) is 13.5 Å². The molecule has 1 aromatic carbocycles. The summed E-state index contributed by atoms with van der Waals surface area (Å²) in [7, 11) is -3.59. The van der Waals surface area contributed by atoms with Gasteiger partial charge < -0.3 is 5.11 Å². The third-order valence-corrected chi connectivity index (χ3v) is 6.23. The summed E-state index contributed by atoms with van der Waals surface area (Å²) in [5.74, 6) is 0. The van der Waals surface area contributed by atoms with E-state index in [4.69, 9.17) is 0 Å². The van der Waals surface area contributed by atoms with Crippen molar-refractivity contribution in [2.45, 2.75) is 25.3 Å². The molecule has 0 fully saturated rings. The number of aliphatic hydroxyl groups excluding tert-OH is 1. The van der Waals surface area contributed by atoms with Crippen LogP contribution in [-0.2, 0) is 16.6 Å². The zero-order valence-corrected chi connectivity index (χ0v) is 13.7. The van der Waals surface area contributed by atoms with Crippen molar-refractivity contribution in [3.05, 3.63) is 51.7 Å². The normalized spacial score (nSPS) is 12.0. The standard InChI is InChI=1S/C15H19NO3S2/c1-12-10-15(13(2)20-12)21(18,19)16(8-9-17)11-14-6-4-3-5-7-14/h3-7,10,17H,8-9,11H2,1-2H3. The Hall–Kier alpha value is -1.21. The van der Waals surface area contributed by atoms with Crippen molar-refractivity contribution in [3.8, 4) is 0 Å². The Kier molecular flexibility index (Phi) is 5.16. The minimum absolute atomic E-state index is 0.0889. The smallest absolute Gasteiger partial charge is 0.244 e. The van der Waals surface area contributed by atoms with Crippen LogP contribution >= 0.6 is 11.3 Å². The second kappa shape index (κ2) is 6.70. The molecule has 2 aromatic rings. The molecule has 0 atom stereocenters. The van der Waals surface area contributed by atoms with Crippen LogP contribution in [0.3, 0.4) is 0 Å². The molecule has 2 rings (SSSR count). The molecule has 1 aromatic heterocycles. The number of rotatable bonds is 6. The van der Waals surface area contributed by atoms with Gasteiger partial charge >= 0.3 is 0 Å². The highest BCUT2D eigenvalue weighted by atomic mass is 32.2. The second-order valence-electron chi connectivity index (χ2n) is 4.83. The van der Waals surface area contributed by atoms with Gasteiger partial charge in [-0.2, -0.15) is 4.31 Å². The number of aryl methyl sites for hydroxylation is 2. The Morgan fingerprint density at radius 1 is 1.19 bits per heavy atom. The number of sulfonamides is 1. The lowest BCUT2D eigenvalue weighted by Gasteiger charge is -2.21. The number of hydrogen-bond donors (Lipinski definition) is 1. The van der Waals surface area contributed by atoms with Crippen molar-refractivity contribution in [2.24, 2.45) is 0 Å².